The Morgan fingerprint density at radius 1 is 1.45 bits per heavy atom. The third-order valence-corrected chi connectivity index (χ3v) is 5.51. The van der Waals surface area contributed by atoms with E-state index in [0.29, 0.717) is 17.6 Å². The molecule has 6 heteroatoms. The molecule has 0 radical (unpaired) electrons. The Hall–Kier alpha value is -0.750. The Kier molecular flexibility index (Phi) is 4.97. The highest BCUT2D eigenvalue weighted by Gasteiger charge is 2.40. The lowest BCUT2D eigenvalue weighted by molar-refractivity contribution is -0.0368. The molecular weight excluding hydrogens is 320 g/mol. The third-order valence-electron chi connectivity index (χ3n) is 4.34. The van der Waals surface area contributed by atoms with E-state index in [-0.39, 0.29) is 12.0 Å². The lowest BCUT2D eigenvalue weighted by Gasteiger charge is -2.33. The van der Waals surface area contributed by atoms with E-state index in [1.165, 1.54) is 0 Å². The van der Waals surface area contributed by atoms with Crippen LogP contribution in [0.15, 0.2) is 23.1 Å². The fraction of sp³-hybridized carbons (Fsp3) is 0.562. The molecule has 3 rings (SSSR count). The van der Waals surface area contributed by atoms with Gasteiger partial charge in [-0.2, -0.15) is 0 Å². The molecule has 0 bridgehead atoms. The standard InChI is InChI=1S/C16H21ClN2O2S/c1-3-22-15-8-11(17)4-5-12(15)16(20)19-9-13-14(10-19)21-7-6-18(13)2/h4-5,8,13-14H,3,6-7,9-10H2,1-2H3/t13-,14+/m0/s1. The predicted molar refractivity (Wildman–Crippen MR) is 89.9 cm³/mol. The summed E-state index contributed by atoms with van der Waals surface area (Å²) < 4.78 is 5.82. The maximum absolute atomic E-state index is 12.9. The molecule has 2 aliphatic rings. The number of hydrogen-bond acceptors (Lipinski definition) is 4. The fourth-order valence-corrected chi connectivity index (χ4v) is 4.21. The number of hydrogen-bond donors (Lipinski definition) is 0. The molecule has 0 unspecified atom stereocenters. The van der Waals surface area contributed by atoms with Gasteiger partial charge in [-0.1, -0.05) is 18.5 Å². The molecule has 0 aromatic heterocycles. The topological polar surface area (TPSA) is 32.8 Å². The van der Waals surface area contributed by atoms with Crippen LogP contribution in [0.3, 0.4) is 0 Å². The number of halogens is 1. The Balaban J connectivity index is 1.80. The van der Waals surface area contributed by atoms with Gasteiger partial charge in [0.2, 0.25) is 0 Å². The van der Waals surface area contributed by atoms with E-state index in [2.05, 4.69) is 18.9 Å². The summed E-state index contributed by atoms with van der Waals surface area (Å²) in [5, 5.41) is 0.672. The number of carbonyl (C=O) groups is 1. The van der Waals surface area contributed by atoms with Gasteiger partial charge in [0.15, 0.2) is 0 Å². The molecule has 0 aliphatic carbocycles. The van der Waals surface area contributed by atoms with Crippen molar-refractivity contribution in [1.82, 2.24) is 9.80 Å². The first-order chi connectivity index (χ1) is 10.6. The minimum absolute atomic E-state index is 0.0824. The predicted octanol–water partition coefficient (Wildman–Crippen LogP) is 2.61. The van der Waals surface area contributed by atoms with Crippen molar-refractivity contribution in [1.29, 1.82) is 0 Å². The summed E-state index contributed by atoms with van der Waals surface area (Å²) in [6.45, 7) is 5.16. The summed E-state index contributed by atoms with van der Waals surface area (Å²) in [6, 6.07) is 5.83. The van der Waals surface area contributed by atoms with Crippen LogP contribution in [-0.4, -0.2) is 66.9 Å². The number of carbonyl (C=O) groups excluding carboxylic acids is 1. The van der Waals surface area contributed by atoms with Crippen molar-refractivity contribution in [2.75, 3.05) is 39.0 Å². The highest BCUT2D eigenvalue weighted by molar-refractivity contribution is 7.99. The molecule has 22 heavy (non-hydrogen) atoms. The van der Waals surface area contributed by atoms with Gasteiger partial charge >= 0.3 is 0 Å². The summed E-state index contributed by atoms with van der Waals surface area (Å²) >= 11 is 7.73. The van der Waals surface area contributed by atoms with Gasteiger partial charge in [-0.3, -0.25) is 9.69 Å². The molecule has 2 aliphatic heterocycles. The summed E-state index contributed by atoms with van der Waals surface area (Å²) in [5.74, 6) is 0.997. The Bertz CT molecular complexity index is 569. The van der Waals surface area contributed by atoms with Crippen LogP contribution in [0.1, 0.15) is 17.3 Å². The number of amides is 1. The number of thioether (sulfide) groups is 1. The van der Waals surface area contributed by atoms with Gasteiger partial charge in [0.05, 0.1) is 24.3 Å². The number of likely N-dealkylation sites (N-methyl/N-ethyl adjacent to an activating group) is 1. The van der Waals surface area contributed by atoms with Crippen LogP contribution in [0, 0.1) is 0 Å². The lowest BCUT2D eigenvalue weighted by Crippen LogP contribution is -2.48. The highest BCUT2D eigenvalue weighted by Crippen LogP contribution is 2.29. The highest BCUT2D eigenvalue weighted by atomic mass is 35.5. The van der Waals surface area contributed by atoms with E-state index < -0.39 is 0 Å². The average molecular weight is 341 g/mol. The second-order valence-corrected chi connectivity index (χ2v) is 7.48. The number of rotatable bonds is 3. The number of likely N-dealkylation sites (tertiary alicyclic amines) is 1. The first-order valence-electron chi connectivity index (χ1n) is 7.63. The molecule has 0 spiro atoms. The van der Waals surface area contributed by atoms with Crippen LogP contribution in [-0.2, 0) is 4.74 Å². The Morgan fingerprint density at radius 3 is 3.00 bits per heavy atom. The number of benzene rings is 1. The van der Waals surface area contributed by atoms with Crippen LogP contribution in [0.4, 0.5) is 0 Å². The normalized spacial score (nSPS) is 25.3. The first-order valence-corrected chi connectivity index (χ1v) is 9.00. The van der Waals surface area contributed by atoms with Crippen LogP contribution < -0.4 is 0 Å². The van der Waals surface area contributed by atoms with Gasteiger partial charge < -0.3 is 9.64 Å². The molecule has 120 valence electrons. The zero-order chi connectivity index (χ0) is 15.7. The fourth-order valence-electron chi connectivity index (χ4n) is 3.14. The third kappa shape index (κ3) is 3.13. The smallest absolute Gasteiger partial charge is 0.255 e. The zero-order valence-corrected chi connectivity index (χ0v) is 14.5. The lowest BCUT2D eigenvalue weighted by atomic mass is 10.1. The van der Waals surface area contributed by atoms with Gasteiger partial charge in [-0.25, -0.2) is 0 Å². The number of morpholine rings is 1. The van der Waals surface area contributed by atoms with Crippen LogP contribution in [0.2, 0.25) is 5.02 Å². The van der Waals surface area contributed by atoms with Crippen LogP contribution >= 0.6 is 23.4 Å². The zero-order valence-electron chi connectivity index (χ0n) is 12.9. The maximum atomic E-state index is 12.9. The molecule has 2 atom stereocenters. The van der Waals surface area contributed by atoms with Gasteiger partial charge in [-0.05, 0) is 31.0 Å². The van der Waals surface area contributed by atoms with Crippen molar-refractivity contribution >= 4 is 29.3 Å². The summed E-state index contributed by atoms with van der Waals surface area (Å²) in [7, 11) is 2.11. The first kappa shape index (κ1) is 16.1. The number of fused-ring (bicyclic) bond motifs is 1. The summed E-state index contributed by atoms with van der Waals surface area (Å²) in [5.41, 5.74) is 0.748. The monoisotopic (exact) mass is 340 g/mol. The maximum Gasteiger partial charge on any atom is 0.255 e. The molecule has 4 nitrogen and oxygen atoms in total. The van der Waals surface area contributed by atoms with Crippen molar-refractivity contribution in [2.45, 2.75) is 24.0 Å². The van der Waals surface area contributed by atoms with Crippen molar-refractivity contribution in [3.05, 3.63) is 28.8 Å². The quantitative estimate of drug-likeness (QED) is 0.792. The van der Waals surface area contributed by atoms with Crippen molar-refractivity contribution in [3.63, 3.8) is 0 Å². The Labute approximate surface area is 140 Å². The van der Waals surface area contributed by atoms with Gasteiger partial charge in [0.25, 0.3) is 5.91 Å². The molecule has 0 saturated carbocycles. The van der Waals surface area contributed by atoms with Gasteiger partial charge in [0.1, 0.15) is 0 Å². The second kappa shape index (κ2) is 6.79. The average Bonchev–Trinajstić information content (AvgIpc) is 2.93. The SMILES string of the molecule is CCSc1cc(Cl)ccc1C(=O)N1C[C@H]2OCCN(C)[C@H]2C1. The molecular formula is C16H21ClN2O2S. The largest absolute Gasteiger partial charge is 0.373 e. The van der Waals surface area contributed by atoms with E-state index in [4.69, 9.17) is 16.3 Å². The van der Waals surface area contributed by atoms with E-state index in [1.54, 1.807) is 17.8 Å². The molecule has 1 aromatic rings. The molecule has 2 saturated heterocycles. The van der Waals surface area contributed by atoms with Crippen molar-refractivity contribution in [3.8, 4) is 0 Å². The van der Waals surface area contributed by atoms with Crippen LogP contribution in [0.5, 0.6) is 0 Å². The molecule has 2 fully saturated rings. The van der Waals surface area contributed by atoms with Crippen molar-refractivity contribution < 1.29 is 9.53 Å². The van der Waals surface area contributed by atoms with E-state index in [9.17, 15) is 4.79 Å². The molecule has 1 aromatic carbocycles. The summed E-state index contributed by atoms with van der Waals surface area (Å²) in [6.07, 6.45) is 0.136. The minimum atomic E-state index is 0.0824. The molecule has 2 heterocycles. The van der Waals surface area contributed by atoms with Gasteiger partial charge in [0, 0.05) is 29.6 Å². The number of nitrogens with zero attached hydrogens (tertiary/aromatic N) is 2. The second-order valence-electron chi connectivity index (χ2n) is 5.74. The molecule has 1 amide bonds. The number of ether oxygens (including phenoxy) is 1. The van der Waals surface area contributed by atoms with Crippen molar-refractivity contribution in [2.24, 2.45) is 0 Å². The van der Waals surface area contributed by atoms with E-state index >= 15 is 0 Å². The minimum Gasteiger partial charge on any atom is -0.373 e. The van der Waals surface area contributed by atoms with E-state index in [1.807, 2.05) is 17.0 Å². The van der Waals surface area contributed by atoms with Gasteiger partial charge in [-0.15, -0.1) is 11.8 Å². The Morgan fingerprint density at radius 2 is 2.27 bits per heavy atom. The van der Waals surface area contributed by atoms with Crippen LogP contribution in [0.25, 0.3) is 0 Å². The molecule has 0 N–H and O–H groups in total. The van der Waals surface area contributed by atoms with E-state index in [0.717, 1.165) is 35.9 Å². The summed E-state index contributed by atoms with van der Waals surface area (Å²) in [4.78, 5) is 18.1.